The first kappa shape index (κ1) is 13.4. The van der Waals surface area contributed by atoms with Gasteiger partial charge in [0.15, 0.2) is 0 Å². The molecule has 0 fully saturated rings. The highest BCUT2D eigenvalue weighted by atomic mass is 79.9. The second kappa shape index (κ2) is 5.84. The van der Waals surface area contributed by atoms with Gasteiger partial charge in [-0.15, -0.1) is 0 Å². The molecule has 0 unspecified atom stereocenters. The zero-order chi connectivity index (χ0) is 13.9. The number of hydrogen-bond acceptors (Lipinski definition) is 1. The summed E-state index contributed by atoms with van der Waals surface area (Å²) in [7, 11) is 0. The van der Waals surface area contributed by atoms with Crippen molar-refractivity contribution in [3.8, 4) is 0 Å². The Kier molecular flexibility index (Phi) is 3.93. The summed E-state index contributed by atoms with van der Waals surface area (Å²) in [5.41, 5.74) is 5.42. The van der Waals surface area contributed by atoms with Crippen LogP contribution < -0.4 is 5.32 Å². The van der Waals surface area contributed by atoms with Gasteiger partial charge < -0.3 is 5.32 Å². The van der Waals surface area contributed by atoms with Gasteiger partial charge in [-0.05, 0) is 54.7 Å². The molecular weight excluding hydrogens is 310 g/mol. The number of aryl methyl sites for hydroxylation is 1. The first-order valence-corrected chi connectivity index (χ1v) is 7.82. The molecule has 20 heavy (non-hydrogen) atoms. The van der Waals surface area contributed by atoms with Gasteiger partial charge >= 0.3 is 0 Å². The van der Waals surface area contributed by atoms with Gasteiger partial charge in [-0.2, -0.15) is 0 Å². The van der Waals surface area contributed by atoms with Crippen molar-refractivity contribution in [2.75, 3.05) is 0 Å². The molecule has 2 heteroatoms. The van der Waals surface area contributed by atoms with Gasteiger partial charge in [0.05, 0.1) is 0 Å². The summed E-state index contributed by atoms with van der Waals surface area (Å²) in [6.07, 6.45) is 4.47. The third-order valence-electron chi connectivity index (χ3n) is 3.80. The number of rotatable bonds is 3. The summed E-state index contributed by atoms with van der Waals surface area (Å²) in [5, 5.41) is 3.64. The lowest BCUT2D eigenvalue weighted by molar-refractivity contribution is 0.627. The van der Waals surface area contributed by atoms with E-state index in [0.717, 1.165) is 12.8 Å². The van der Waals surface area contributed by atoms with E-state index in [4.69, 9.17) is 0 Å². The lowest BCUT2D eigenvalue weighted by Crippen LogP contribution is -2.20. The Morgan fingerprint density at radius 3 is 2.65 bits per heavy atom. The molecule has 0 aromatic heterocycles. The van der Waals surface area contributed by atoms with Crippen molar-refractivity contribution in [1.29, 1.82) is 0 Å². The Morgan fingerprint density at radius 2 is 1.85 bits per heavy atom. The Bertz CT molecular complexity index is 631. The minimum Gasteiger partial charge on any atom is -0.382 e. The molecule has 1 N–H and O–H groups in total. The van der Waals surface area contributed by atoms with Crippen LogP contribution in [0.3, 0.4) is 0 Å². The molecule has 102 valence electrons. The third-order valence-corrected chi connectivity index (χ3v) is 4.29. The van der Waals surface area contributed by atoms with E-state index in [1.165, 1.54) is 26.9 Å². The van der Waals surface area contributed by atoms with Crippen LogP contribution in [0.15, 0.2) is 58.7 Å². The quantitative estimate of drug-likeness (QED) is 0.828. The molecule has 0 spiro atoms. The molecule has 0 saturated carbocycles. The summed E-state index contributed by atoms with van der Waals surface area (Å²) in [6.45, 7) is 2.22. The Labute approximate surface area is 128 Å². The number of benzene rings is 2. The second-order valence-corrected chi connectivity index (χ2v) is 6.21. The van der Waals surface area contributed by atoms with Gasteiger partial charge in [0, 0.05) is 16.2 Å². The van der Waals surface area contributed by atoms with Crippen LogP contribution >= 0.6 is 15.9 Å². The molecule has 0 bridgehead atoms. The first-order chi connectivity index (χ1) is 9.72. The van der Waals surface area contributed by atoms with Crippen LogP contribution in [0.1, 0.15) is 36.1 Å². The lowest BCUT2D eigenvalue weighted by atomic mass is 9.95. The van der Waals surface area contributed by atoms with Crippen LogP contribution in [0, 0.1) is 0 Å². The fourth-order valence-electron chi connectivity index (χ4n) is 2.68. The van der Waals surface area contributed by atoms with Crippen LogP contribution in [0.5, 0.6) is 0 Å². The summed E-state index contributed by atoms with van der Waals surface area (Å²) in [6, 6.07) is 17.5. The van der Waals surface area contributed by atoms with E-state index in [9.17, 15) is 0 Å². The van der Waals surface area contributed by atoms with E-state index in [-0.39, 0.29) is 0 Å². The summed E-state index contributed by atoms with van der Waals surface area (Å²) in [4.78, 5) is 0. The molecule has 0 amide bonds. The van der Waals surface area contributed by atoms with E-state index >= 15 is 0 Å². The smallest absolute Gasteiger partial charge is 0.0482 e. The molecule has 0 saturated heterocycles. The molecule has 1 aliphatic carbocycles. The third kappa shape index (κ3) is 2.96. The maximum absolute atomic E-state index is 3.64. The molecule has 3 rings (SSSR count). The van der Waals surface area contributed by atoms with E-state index in [1.807, 2.05) is 0 Å². The van der Waals surface area contributed by atoms with Crippen molar-refractivity contribution >= 4 is 22.0 Å². The van der Waals surface area contributed by atoms with Gasteiger partial charge in [0.2, 0.25) is 0 Å². The standard InChI is InChI=1S/C18H18BrN/c1-13(14-5-3-2-4-6-14)20-18-10-8-15-11-17(19)9-7-16(15)12-18/h2-7,9,11-13,20H,8,10H2,1H3/t13-/m0/s1. The molecule has 1 atom stereocenters. The van der Waals surface area contributed by atoms with Gasteiger partial charge in [-0.25, -0.2) is 0 Å². The number of hydrogen-bond donors (Lipinski definition) is 1. The zero-order valence-electron chi connectivity index (χ0n) is 11.6. The monoisotopic (exact) mass is 327 g/mol. The average Bonchev–Trinajstić information content (AvgIpc) is 2.48. The first-order valence-electron chi connectivity index (χ1n) is 7.03. The maximum atomic E-state index is 3.64. The van der Waals surface area contributed by atoms with Crippen LogP contribution in [-0.4, -0.2) is 0 Å². The van der Waals surface area contributed by atoms with E-state index < -0.39 is 0 Å². The fourth-order valence-corrected chi connectivity index (χ4v) is 3.09. The topological polar surface area (TPSA) is 12.0 Å². The van der Waals surface area contributed by atoms with Gasteiger partial charge in [0.1, 0.15) is 0 Å². The predicted octanol–water partition coefficient (Wildman–Crippen LogP) is 5.09. The fraction of sp³-hybridized carbons (Fsp3) is 0.222. The number of halogens is 1. The van der Waals surface area contributed by atoms with Crippen molar-refractivity contribution in [2.24, 2.45) is 0 Å². The van der Waals surface area contributed by atoms with Crippen molar-refractivity contribution in [1.82, 2.24) is 5.32 Å². The molecule has 0 aliphatic heterocycles. The zero-order valence-corrected chi connectivity index (χ0v) is 13.2. The highest BCUT2D eigenvalue weighted by Crippen LogP contribution is 2.27. The Morgan fingerprint density at radius 1 is 1.05 bits per heavy atom. The van der Waals surface area contributed by atoms with Crippen molar-refractivity contribution in [3.05, 3.63) is 75.4 Å². The van der Waals surface area contributed by atoms with Crippen molar-refractivity contribution in [3.63, 3.8) is 0 Å². The van der Waals surface area contributed by atoms with Crippen LogP contribution in [0.4, 0.5) is 0 Å². The molecule has 2 aromatic carbocycles. The molecule has 0 heterocycles. The predicted molar refractivity (Wildman–Crippen MR) is 88.4 cm³/mol. The normalized spacial score (nSPS) is 15.2. The molecule has 2 aromatic rings. The summed E-state index contributed by atoms with van der Waals surface area (Å²) >= 11 is 3.54. The minimum absolute atomic E-state index is 0.347. The van der Waals surface area contributed by atoms with Gasteiger partial charge in [0.25, 0.3) is 0 Å². The molecule has 1 nitrogen and oxygen atoms in total. The number of nitrogens with one attached hydrogen (secondary N) is 1. The SMILES string of the molecule is C[C@H](NC1=Cc2ccc(Br)cc2CC1)c1ccccc1. The number of fused-ring (bicyclic) bond motifs is 1. The summed E-state index contributed by atoms with van der Waals surface area (Å²) in [5.74, 6) is 0. The average molecular weight is 328 g/mol. The van der Waals surface area contributed by atoms with Crippen molar-refractivity contribution in [2.45, 2.75) is 25.8 Å². The highest BCUT2D eigenvalue weighted by molar-refractivity contribution is 9.10. The van der Waals surface area contributed by atoms with Crippen LogP contribution in [0.25, 0.3) is 6.08 Å². The second-order valence-electron chi connectivity index (χ2n) is 5.29. The van der Waals surface area contributed by atoms with E-state index in [1.54, 1.807) is 0 Å². The van der Waals surface area contributed by atoms with Crippen LogP contribution in [-0.2, 0) is 6.42 Å². The minimum atomic E-state index is 0.347. The largest absolute Gasteiger partial charge is 0.382 e. The Balaban J connectivity index is 1.77. The summed E-state index contributed by atoms with van der Waals surface area (Å²) < 4.78 is 1.17. The molecule has 1 aliphatic rings. The van der Waals surface area contributed by atoms with Gasteiger partial charge in [-0.1, -0.05) is 52.3 Å². The van der Waals surface area contributed by atoms with Crippen molar-refractivity contribution < 1.29 is 0 Å². The van der Waals surface area contributed by atoms with E-state index in [2.05, 4.69) is 82.8 Å². The Hall–Kier alpha value is -1.54. The van der Waals surface area contributed by atoms with Gasteiger partial charge in [-0.3, -0.25) is 0 Å². The molecular formula is C18H18BrN. The van der Waals surface area contributed by atoms with E-state index in [0.29, 0.717) is 6.04 Å². The molecule has 0 radical (unpaired) electrons. The number of allylic oxidation sites excluding steroid dienone is 1. The maximum Gasteiger partial charge on any atom is 0.0482 e. The van der Waals surface area contributed by atoms with Crippen LogP contribution in [0.2, 0.25) is 0 Å². The highest BCUT2D eigenvalue weighted by Gasteiger charge is 2.13. The lowest BCUT2D eigenvalue weighted by Gasteiger charge is -2.22.